The van der Waals surface area contributed by atoms with Crippen LogP contribution in [0.5, 0.6) is 5.75 Å². The number of carbonyl (C=O) groups excluding carboxylic acids is 2. The molecule has 0 radical (unpaired) electrons. The van der Waals surface area contributed by atoms with Crippen molar-refractivity contribution in [2.75, 3.05) is 12.4 Å². The van der Waals surface area contributed by atoms with Gasteiger partial charge in [-0.25, -0.2) is 9.78 Å². The Hall–Kier alpha value is -2.60. The first-order valence-corrected chi connectivity index (χ1v) is 7.15. The van der Waals surface area contributed by atoms with Gasteiger partial charge in [-0.05, 0) is 31.2 Å². The van der Waals surface area contributed by atoms with Crippen molar-refractivity contribution in [1.29, 1.82) is 0 Å². The fourth-order valence-electron chi connectivity index (χ4n) is 1.77. The molecule has 1 heterocycles. The van der Waals surface area contributed by atoms with Gasteiger partial charge in [-0.15, -0.1) is 0 Å². The quantitative estimate of drug-likeness (QED) is 0.851. The molecule has 0 aliphatic carbocycles. The molecule has 2 aromatic rings. The van der Waals surface area contributed by atoms with Crippen molar-refractivity contribution < 1.29 is 19.1 Å². The predicted octanol–water partition coefficient (Wildman–Crippen LogP) is 2.93. The van der Waals surface area contributed by atoms with E-state index < -0.39 is 18.0 Å². The lowest BCUT2D eigenvalue weighted by Gasteiger charge is -2.14. The number of ether oxygens (including phenoxy) is 2. The van der Waals surface area contributed by atoms with E-state index in [1.54, 1.807) is 24.3 Å². The number of amides is 1. The molecule has 0 bridgehead atoms. The van der Waals surface area contributed by atoms with Gasteiger partial charge in [0, 0.05) is 11.2 Å². The number of methoxy groups -OCH3 is 1. The average Bonchev–Trinajstić information content (AvgIpc) is 2.55. The molecule has 0 spiro atoms. The zero-order valence-electron chi connectivity index (χ0n) is 12.6. The minimum absolute atomic E-state index is 0.0365. The number of rotatable bonds is 5. The van der Waals surface area contributed by atoms with Crippen LogP contribution >= 0.6 is 11.6 Å². The third-order valence-corrected chi connectivity index (χ3v) is 3.18. The molecule has 1 aromatic heterocycles. The van der Waals surface area contributed by atoms with Crippen LogP contribution in [0.25, 0.3) is 0 Å². The summed E-state index contributed by atoms with van der Waals surface area (Å²) in [4.78, 5) is 27.9. The maximum absolute atomic E-state index is 12.1. The van der Waals surface area contributed by atoms with E-state index in [9.17, 15) is 9.59 Å². The summed E-state index contributed by atoms with van der Waals surface area (Å²) in [7, 11) is 1.50. The number of pyridine rings is 1. The molecule has 0 saturated carbocycles. The number of hydrogen-bond acceptors (Lipinski definition) is 5. The molecule has 6 nitrogen and oxygen atoms in total. The predicted molar refractivity (Wildman–Crippen MR) is 85.7 cm³/mol. The number of nitrogens with one attached hydrogen (secondary N) is 1. The Kier molecular flexibility index (Phi) is 5.54. The summed E-state index contributed by atoms with van der Waals surface area (Å²) in [5, 5.41) is 3.00. The number of anilines is 1. The Morgan fingerprint density at radius 3 is 2.70 bits per heavy atom. The lowest BCUT2D eigenvalue weighted by Crippen LogP contribution is -2.30. The van der Waals surface area contributed by atoms with Gasteiger partial charge in [-0.1, -0.05) is 23.7 Å². The van der Waals surface area contributed by atoms with E-state index in [0.29, 0.717) is 16.5 Å². The summed E-state index contributed by atoms with van der Waals surface area (Å²) in [5.41, 5.74) is 0.526. The number of benzene rings is 1. The summed E-state index contributed by atoms with van der Waals surface area (Å²) in [5.74, 6) is -0.698. The first kappa shape index (κ1) is 16.8. The minimum atomic E-state index is -1.01. The molecule has 120 valence electrons. The molecule has 7 heteroatoms. The highest BCUT2D eigenvalue weighted by Gasteiger charge is 2.20. The molecule has 0 aliphatic heterocycles. The van der Waals surface area contributed by atoms with Gasteiger partial charge in [0.1, 0.15) is 11.4 Å². The monoisotopic (exact) mass is 334 g/mol. The standard InChI is InChI=1S/C16H15ClN2O4/c1-10(23-16(21)13-9-11(17)7-8-18-13)15(20)19-12-5-3-4-6-14(12)22-2/h3-10H,1-2H3,(H,19,20)/t10-/m0/s1. The molecular weight excluding hydrogens is 320 g/mol. The second kappa shape index (κ2) is 7.60. The van der Waals surface area contributed by atoms with Gasteiger partial charge < -0.3 is 14.8 Å². The summed E-state index contributed by atoms with van der Waals surface area (Å²) >= 11 is 5.79. The SMILES string of the molecule is COc1ccccc1NC(=O)[C@H](C)OC(=O)c1cc(Cl)ccn1. The third kappa shape index (κ3) is 4.43. The van der Waals surface area contributed by atoms with E-state index in [2.05, 4.69) is 10.3 Å². The van der Waals surface area contributed by atoms with Crippen LogP contribution in [0.15, 0.2) is 42.6 Å². The van der Waals surface area contributed by atoms with Crippen molar-refractivity contribution in [2.45, 2.75) is 13.0 Å². The zero-order chi connectivity index (χ0) is 16.8. The van der Waals surface area contributed by atoms with Gasteiger partial charge in [0.25, 0.3) is 5.91 Å². The second-order valence-electron chi connectivity index (χ2n) is 4.60. The third-order valence-electron chi connectivity index (χ3n) is 2.95. The number of hydrogen-bond donors (Lipinski definition) is 1. The van der Waals surface area contributed by atoms with Crippen LogP contribution in [-0.4, -0.2) is 30.1 Å². The van der Waals surface area contributed by atoms with E-state index in [-0.39, 0.29) is 5.69 Å². The summed E-state index contributed by atoms with van der Waals surface area (Å²) in [6.07, 6.45) is 0.381. The lowest BCUT2D eigenvalue weighted by molar-refractivity contribution is -0.123. The number of aromatic nitrogens is 1. The normalized spacial score (nSPS) is 11.4. The number of carbonyl (C=O) groups is 2. The molecular formula is C16H15ClN2O4. The fourth-order valence-corrected chi connectivity index (χ4v) is 1.93. The largest absolute Gasteiger partial charge is 0.495 e. The van der Waals surface area contributed by atoms with E-state index in [1.165, 1.54) is 32.4 Å². The van der Waals surface area contributed by atoms with Gasteiger partial charge in [0.15, 0.2) is 6.10 Å². The van der Waals surface area contributed by atoms with Gasteiger partial charge in [0.2, 0.25) is 0 Å². The van der Waals surface area contributed by atoms with Crippen LogP contribution in [0.1, 0.15) is 17.4 Å². The molecule has 1 N–H and O–H groups in total. The van der Waals surface area contributed by atoms with E-state index in [4.69, 9.17) is 21.1 Å². The minimum Gasteiger partial charge on any atom is -0.495 e. The second-order valence-corrected chi connectivity index (χ2v) is 5.03. The molecule has 2 rings (SSSR count). The lowest BCUT2D eigenvalue weighted by atomic mass is 10.2. The molecule has 1 atom stereocenters. The Balaban J connectivity index is 2.01. The average molecular weight is 335 g/mol. The smallest absolute Gasteiger partial charge is 0.357 e. The topological polar surface area (TPSA) is 77.5 Å². The summed E-state index contributed by atoms with van der Waals surface area (Å²) in [6.45, 7) is 1.47. The van der Waals surface area contributed by atoms with E-state index in [0.717, 1.165) is 0 Å². The first-order valence-electron chi connectivity index (χ1n) is 6.77. The number of nitrogens with zero attached hydrogens (tertiary/aromatic N) is 1. The Labute approximate surface area is 138 Å². The zero-order valence-corrected chi connectivity index (χ0v) is 13.3. The van der Waals surface area contributed by atoms with Crippen LogP contribution in [0.4, 0.5) is 5.69 Å². The number of halogens is 1. The molecule has 1 aromatic carbocycles. The van der Waals surface area contributed by atoms with Gasteiger partial charge in [-0.3, -0.25) is 4.79 Å². The van der Waals surface area contributed by atoms with Gasteiger partial charge in [0.05, 0.1) is 12.8 Å². The maximum Gasteiger partial charge on any atom is 0.357 e. The summed E-state index contributed by atoms with van der Waals surface area (Å²) < 4.78 is 10.2. The number of esters is 1. The van der Waals surface area contributed by atoms with Crippen molar-refractivity contribution >= 4 is 29.2 Å². The molecule has 0 aliphatic rings. The molecule has 0 unspecified atom stereocenters. The molecule has 23 heavy (non-hydrogen) atoms. The van der Waals surface area contributed by atoms with Crippen molar-refractivity contribution in [1.82, 2.24) is 4.98 Å². The van der Waals surface area contributed by atoms with Crippen molar-refractivity contribution in [3.63, 3.8) is 0 Å². The highest BCUT2D eigenvalue weighted by atomic mass is 35.5. The molecule has 0 fully saturated rings. The Morgan fingerprint density at radius 1 is 1.26 bits per heavy atom. The summed E-state index contributed by atoms with van der Waals surface area (Å²) in [6, 6.07) is 9.84. The molecule has 1 amide bonds. The van der Waals surface area contributed by atoms with Crippen LogP contribution in [-0.2, 0) is 9.53 Å². The first-order chi connectivity index (χ1) is 11.0. The van der Waals surface area contributed by atoms with Crippen LogP contribution < -0.4 is 10.1 Å². The highest BCUT2D eigenvalue weighted by Crippen LogP contribution is 2.23. The van der Waals surface area contributed by atoms with Crippen LogP contribution in [0, 0.1) is 0 Å². The Bertz CT molecular complexity index is 721. The van der Waals surface area contributed by atoms with Gasteiger partial charge in [-0.2, -0.15) is 0 Å². The highest BCUT2D eigenvalue weighted by molar-refractivity contribution is 6.30. The van der Waals surface area contributed by atoms with Crippen molar-refractivity contribution in [3.05, 3.63) is 53.3 Å². The van der Waals surface area contributed by atoms with Crippen LogP contribution in [0.3, 0.4) is 0 Å². The Morgan fingerprint density at radius 2 is 2.00 bits per heavy atom. The van der Waals surface area contributed by atoms with Crippen LogP contribution in [0.2, 0.25) is 5.02 Å². The fraction of sp³-hybridized carbons (Fsp3) is 0.188. The van der Waals surface area contributed by atoms with E-state index in [1.807, 2.05) is 0 Å². The maximum atomic E-state index is 12.1. The number of para-hydroxylation sites is 2. The van der Waals surface area contributed by atoms with Gasteiger partial charge >= 0.3 is 5.97 Å². The van der Waals surface area contributed by atoms with E-state index >= 15 is 0 Å². The molecule has 0 saturated heterocycles. The van der Waals surface area contributed by atoms with Crippen molar-refractivity contribution in [2.24, 2.45) is 0 Å². The van der Waals surface area contributed by atoms with Crippen molar-refractivity contribution in [3.8, 4) is 5.75 Å².